The number of unbranched alkanes of at least 4 members (excludes halogenated alkanes) is 1. The van der Waals surface area contributed by atoms with Gasteiger partial charge in [-0.3, -0.25) is 9.69 Å². The van der Waals surface area contributed by atoms with E-state index in [2.05, 4.69) is 18.1 Å². The van der Waals surface area contributed by atoms with Crippen LogP contribution in [0.3, 0.4) is 0 Å². The lowest BCUT2D eigenvalue weighted by Crippen LogP contribution is -2.53. The molecule has 0 saturated carbocycles. The normalized spacial score (nSPS) is 18.6. The molecular formula is C14H29N3OS. The first-order valence-corrected chi connectivity index (χ1v) is 8.84. The average Bonchev–Trinajstić information content (AvgIpc) is 2.45. The van der Waals surface area contributed by atoms with Crippen LogP contribution in [0.15, 0.2) is 0 Å². The monoisotopic (exact) mass is 287 g/mol. The van der Waals surface area contributed by atoms with Crippen molar-refractivity contribution in [2.75, 3.05) is 44.7 Å². The van der Waals surface area contributed by atoms with Crippen LogP contribution in [-0.4, -0.2) is 66.5 Å². The molecule has 4 nitrogen and oxygen atoms in total. The highest BCUT2D eigenvalue weighted by Gasteiger charge is 2.24. The fourth-order valence-corrected chi connectivity index (χ4v) is 2.82. The molecule has 1 saturated heterocycles. The summed E-state index contributed by atoms with van der Waals surface area (Å²) in [7, 11) is 0. The number of hydrogen-bond donors (Lipinski definition) is 1. The van der Waals surface area contributed by atoms with E-state index in [9.17, 15) is 4.79 Å². The molecule has 1 aliphatic heterocycles. The van der Waals surface area contributed by atoms with Crippen molar-refractivity contribution < 1.29 is 4.79 Å². The molecule has 1 rings (SSSR count). The molecule has 0 aromatic heterocycles. The second-order valence-corrected chi connectivity index (χ2v) is 6.25. The largest absolute Gasteiger partial charge is 0.339 e. The van der Waals surface area contributed by atoms with Gasteiger partial charge in [-0.2, -0.15) is 11.8 Å². The summed E-state index contributed by atoms with van der Waals surface area (Å²) in [6, 6.07) is -0.289. The maximum absolute atomic E-state index is 12.2. The van der Waals surface area contributed by atoms with Gasteiger partial charge in [0.05, 0.1) is 6.04 Å². The van der Waals surface area contributed by atoms with Gasteiger partial charge in [0.2, 0.25) is 5.91 Å². The van der Waals surface area contributed by atoms with Crippen LogP contribution in [0.5, 0.6) is 0 Å². The molecule has 19 heavy (non-hydrogen) atoms. The molecule has 1 heterocycles. The molecular weight excluding hydrogens is 258 g/mol. The summed E-state index contributed by atoms with van der Waals surface area (Å²) in [6.45, 7) is 6.98. The van der Waals surface area contributed by atoms with Gasteiger partial charge in [0.1, 0.15) is 0 Å². The third-order valence-corrected chi connectivity index (χ3v) is 4.39. The minimum atomic E-state index is -0.289. The van der Waals surface area contributed by atoms with Gasteiger partial charge in [0.15, 0.2) is 0 Å². The van der Waals surface area contributed by atoms with E-state index >= 15 is 0 Å². The first kappa shape index (κ1) is 16.8. The predicted octanol–water partition coefficient (Wildman–Crippen LogP) is 1.40. The highest BCUT2D eigenvalue weighted by molar-refractivity contribution is 7.98. The molecule has 2 N–H and O–H groups in total. The molecule has 0 aromatic rings. The van der Waals surface area contributed by atoms with Gasteiger partial charge in [0, 0.05) is 26.2 Å². The average molecular weight is 287 g/mol. The first-order chi connectivity index (χ1) is 9.19. The number of piperazine rings is 1. The minimum absolute atomic E-state index is 0.150. The molecule has 0 bridgehead atoms. The van der Waals surface area contributed by atoms with Gasteiger partial charge >= 0.3 is 0 Å². The number of carbonyl (C=O) groups excluding carboxylic acids is 1. The van der Waals surface area contributed by atoms with Gasteiger partial charge in [0.25, 0.3) is 0 Å². The zero-order chi connectivity index (χ0) is 14.1. The van der Waals surface area contributed by atoms with Crippen LogP contribution in [0.2, 0.25) is 0 Å². The summed E-state index contributed by atoms with van der Waals surface area (Å²) in [4.78, 5) is 16.6. The van der Waals surface area contributed by atoms with E-state index in [-0.39, 0.29) is 11.9 Å². The number of amides is 1. The molecule has 0 aromatic carbocycles. The van der Waals surface area contributed by atoms with Crippen LogP contribution in [0.4, 0.5) is 0 Å². The summed E-state index contributed by atoms with van der Waals surface area (Å²) >= 11 is 1.90. The number of hydrogen-bond acceptors (Lipinski definition) is 4. The van der Waals surface area contributed by atoms with E-state index in [1.807, 2.05) is 16.7 Å². The Kier molecular flexibility index (Phi) is 8.50. The lowest BCUT2D eigenvalue weighted by atomic mass is 10.1. The Labute approximate surface area is 122 Å². The molecule has 1 unspecified atom stereocenters. The lowest BCUT2D eigenvalue weighted by molar-refractivity contribution is -0.134. The Morgan fingerprint density at radius 3 is 2.53 bits per heavy atom. The minimum Gasteiger partial charge on any atom is -0.339 e. The van der Waals surface area contributed by atoms with Crippen LogP contribution in [-0.2, 0) is 4.79 Å². The zero-order valence-corrected chi connectivity index (χ0v) is 13.3. The maximum atomic E-state index is 12.2. The fourth-order valence-electron chi connectivity index (χ4n) is 2.41. The van der Waals surface area contributed by atoms with Gasteiger partial charge < -0.3 is 10.6 Å². The summed E-state index contributed by atoms with van der Waals surface area (Å²) < 4.78 is 0. The van der Waals surface area contributed by atoms with Crippen LogP contribution in [0, 0.1) is 0 Å². The topological polar surface area (TPSA) is 49.6 Å². The van der Waals surface area contributed by atoms with Crippen molar-refractivity contribution in [1.29, 1.82) is 0 Å². The second kappa shape index (κ2) is 9.61. The second-order valence-electron chi connectivity index (χ2n) is 5.26. The third-order valence-electron chi connectivity index (χ3n) is 3.69. The highest BCUT2D eigenvalue weighted by atomic mass is 32.2. The Bertz CT molecular complexity index is 255. The lowest BCUT2D eigenvalue weighted by Gasteiger charge is -2.35. The number of nitrogens with zero attached hydrogens (tertiary/aromatic N) is 2. The van der Waals surface area contributed by atoms with Crippen molar-refractivity contribution in [3.05, 3.63) is 0 Å². The predicted molar refractivity (Wildman–Crippen MR) is 83.5 cm³/mol. The van der Waals surface area contributed by atoms with Gasteiger partial charge in [-0.25, -0.2) is 0 Å². The van der Waals surface area contributed by atoms with Crippen LogP contribution >= 0.6 is 11.8 Å². The molecule has 1 aliphatic rings. The summed E-state index contributed by atoms with van der Waals surface area (Å²) in [6.07, 6.45) is 6.36. The SMILES string of the molecule is CCCCC(N)C(=O)N1CCN(CCCSC)CC1. The van der Waals surface area contributed by atoms with Crippen molar-refractivity contribution in [3.8, 4) is 0 Å². The molecule has 0 aliphatic carbocycles. The fraction of sp³-hybridized carbons (Fsp3) is 0.929. The molecule has 112 valence electrons. The maximum Gasteiger partial charge on any atom is 0.239 e. The zero-order valence-electron chi connectivity index (χ0n) is 12.4. The van der Waals surface area contributed by atoms with E-state index in [1.165, 1.54) is 12.2 Å². The van der Waals surface area contributed by atoms with Crippen LogP contribution < -0.4 is 5.73 Å². The van der Waals surface area contributed by atoms with Gasteiger partial charge in [-0.05, 0) is 31.4 Å². The van der Waals surface area contributed by atoms with Crippen molar-refractivity contribution in [3.63, 3.8) is 0 Å². The smallest absolute Gasteiger partial charge is 0.239 e. The molecule has 1 atom stereocenters. The Balaban J connectivity index is 2.23. The van der Waals surface area contributed by atoms with Crippen molar-refractivity contribution in [2.24, 2.45) is 5.73 Å². The van der Waals surface area contributed by atoms with Gasteiger partial charge in [-0.15, -0.1) is 0 Å². The number of carbonyl (C=O) groups is 1. The number of rotatable bonds is 8. The Morgan fingerprint density at radius 1 is 1.26 bits per heavy atom. The first-order valence-electron chi connectivity index (χ1n) is 7.44. The van der Waals surface area contributed by atoms with Crippen LogP contribution in [0.1, 0.15) is 32.6 Å². The molecule has 0 radical (unpaired) electrons. The van der Waals surface area contributed by atoms with E-state index in [0.29, 0.717) is 0 Å². The van der Waals surface area contributed by atoms with Crippen molar-refractivity contribution in [1.82, 2.24) is 9.80 Å². The van der Waals surface area contributed by atoms with E-state index in [1.54, 1.807) is 0 Å². The van der Waals surface area contributed by atoms with Crippen molar-refractivity contribution >= 4 is 17.7 Å². The summed E-state index contributed by atoms with van der Waals surface area (Å²) in [5.74, 6) is 1.37. The summed E-state index contributed by atoms with van der Waals surface area (Å²) in [5.41, 5.74) is 5.96. The number of nitrogens with two attached hydrogens (primary N) is 1. The quantitative estimate of drug-likeness (QED) is 0.686. The molecule has 1 amide bonds. The Morgan fingerprint density at radius 2 is 1.95 bits per heavy atom. The summed E-state index contributed by atoms with van der Waals surface area (Å²) in [5, 5.41) is 0. The van der Waals surface area contributed by atoms with Crippen LogP contribution in [0.25, 0.3) is 0 Å². The van der Waals surface area contributed by atoms with Crippen molar-refractivity contribution in [2.45, 2.75) is 38.6 Å². The number of thioether (sulfide) groups is 1. The van der Waals surface area contributed by atoms with Gasteiger partial charge in [-0.1, -0.05) is 19.8 Å². The standard InChI is InChI=1S/C14H29N3OS/c1-3-4-6-13(15)14(18)17-10-8-16(9-11-17)7-5-12-19-2/h13H,3-12,15H2,1-2H3. The molecule has 1 fully saturated rings. The van der Waals surface area contributed by atoms with E-state index in [0.717, 1.165) is 52.0 Å². The van der Waals surface area contributed by atoms with E-state index in [4.69, 9.17) is 5.73 Å². The molecule has 5 heteroatoms. The highest BCUT2D eigenvalue weighted by Crippen LogP contribution is 2.08. The van der Waals surface area contributed by atoms with E-state index < -0.39 is 0 Å². The third kappa shape index (κ3) is 6.15. The Hall–Kier alpha value is -0.260. The molecule has 0 spiro atoms.